The van der Waals surface area contributed by atoms with Gasteiger partial charge in [-0.2, -0.15) is 0 Å². The van der Waals surface area contributed by atoms with E-state index in [4.69, 9.17) is 10.5 Å². The topological polar surface area (TPSA) is 64.3 Å². The van der Waals surface area contributed by atoms with Crippen molar-refractivity contribution in [2.24, 2.45) is 11.7 Å². The first-order valence-corrected chi connectivity index (χ1v) is 6.63. The summed E-state index contributed by atoms with van der Waals surface area (Å²) < 4.78 is 5.32. The van der Waals surface area contributed by atoms with Crippen LogP contribution < -0.4 is 11.1 Å². The minimum Gasteiger partial charge on any atom is -0.444 e. The van der Waals surface area contributed by atoms with Crippen LogP contribution in [-0.4, -0.2) is 17.2 Å². The van der Waals surface area contributed by atoms with Gasteiger partial charge in [0.2, 0.25) is 0 Å². The van der Waals surface area contributed by atoms with Gasteiger partial charge < -0.3 is 15.8 Å². The van der Waals surface area contributed by atoms with Gasteiger partial charge >= 0.3 is 6.09 Å². The van der Waals surface area contributed by atoms with Gasteiger partial charge in [0.1, 0.15) is 5.60 Å². The van der Waals surface area contributed by atoms with Crippen LogP contribution in [0, 0.1) is 5.92 Å². The van der Waals surface area contributed by atoms with Gasteiger partial charge in [-0.05, 0) is 52.7 Å². The largest absolute Gasteiger partial charge is 0.444 e. The number of rotatable bonds is 1. The van der Waals surface area contributed by atoms with Crippen molar-refractivity contribution in [2.75, 3.05) is 0 Å². The van der Waals surface area contributed by atoms with Gasteiger partial charge in [0.25, 0.3) is 0 Å². The average Bonchev–Trinajstić information content (AvgIpc) is 2.20. The number of hydrogen-bond donors (Lipinski definition) is 2. The second-order valence-electron chi connectivity index (χ2n) is 6.56. The summed E-state index contributed by atoms with van der Waals surface area (Å²) in [5.74, 6) is 0.128. The summed E-state index contributed by atoms with van der Waals surface area (Å²) in [4.78, 5) is 12.0. The number of nitrogens with two attached hydrogens (primary N) is 1. The predicted octanol–water partition coefficient (Wildman–Crippen LogP) is 3.10. The van der Waals surface area contributed by atoms with Crippen LogP contribution in [0.4, 0.5) is 4.79 Å². The van der Waals surface area contributed by atoms with Crippen LogP contribution in [0.3, 0.4) is 0 Å². The van der Waals surface area contributed by atoms with E-state index < -0.39 is 17.2 Å². The standard InChI is InChI=1S/C15H26N2O2/c1-9-8-15(7,11(3)10(2)12(9)16)17-13(18)19-14(4,5)6/h8,11H,16H2,1-7H3,(H,17,18). The van der Waals surface area contributed by atoms with E-state index in [2.05, 4.69) is 12.2 Å². The Bertz CT molecular complexity index is 444. The Morgan fingerprint density at radius 3 is 2.42 bits per heavy atom. The number of amides is 1. The quantitative estimate of drug-likeness (QED) is 0.766. The van der Waals surface area contributed by atoms with Crippen molar-refractivity contribution in [3.8, 4) is 0 Å². The molecule has 1 aliphatic rings. The maximum atomic E-state index is 12.0. The highest BCUT2D eigenvalue weighted by Gasteiger charge is 2.37. The Morgan fingerprint density at radius 2 is 1.95 bits per heavy atom. The van der Waals surface area contributed by atoms with Crippen molar-refractivity contribution in [1.29, 1.82) is 0 Å². The van der Waals surface area contributed by atoms with Crippen LogP contribution in [0.15, 0.2) is 22.9 Å². The molecule has 1 aliphatic carbocycles. The maximum absolute atomic E-state index is 12.0. The lowest BCUT2D eigenvalue weighted by Gasteiger charge is -2.39. The van der Waals surface area contributed by atoms with Crippen molar-refractivity contribution in [2.45, 2.75) is 59.6 Å². The molecule has 1 amide bonds. The van der Waals surface area contributed by atoms with Gasteiger partial charge in [-0.3, -0.25) is 0 Å². The molecule has 0 saturated carbocycles. The van der Waals surface area contributed by atoms with Gasteiger partial charge in [-0.15, -0.1) is 0 Å². The minimum atomic E-state index is -0.499. The van der Waals surface area contributed by atoms with Crippen LogP contribution in [0.2, 0.25) is 0 Å². The first kappa shape index (κ1) is 15.6. The number of nitrogens with one attached hydrogen (secondary N) is 1. The molecule has 2 unspecified atom stereocenters. The first-order valence-electron chi connectivity index (χ1n) is 6.63. The molecule has 19 heavy (non-hydrogen) atoms. The third-order valence-electron chi connectivity index (χ3n) is 3.69. The molecule has 108 valence electrons. The molecule has 0 heterocycles. The highest BCUT2D eigenvalue weighted by atomic mass is 16.6. The van der Waals surface area contributed by atoms with Crippen LogP contribution in [0.1, 0.15) is 48.5 Å². The summed E-state index contributed by atoms with van der Waals surface area (Å²) in [5, 5.41) is 2.96. The lowest BCUT2D eigenvalue weighted by Crippen LogP contribution is -2.52. The Labute approximate surface area is 116 Å². The number of allylic oxidation sites excluding steroid dienone is 1. The number of alkyl carbamates (subject to hydrolysis) is 1. The fourth-order valence-electron chi connectivity index (χ4n) is 2.31. The molecule has 0 spiro atoms. The van der Waals surface area contributed by atoms with Crippen molar-refractivity contribution in [3.63, 3.8) is 0 Å². The summed E-state index contributed by atoms with van der Waals surface area (Å²) in [5.41, 5.74) is 7.97. The number of ether oxygens (including phenoxy) is 1. The maximum Gasteiger partial charge on any atom is 0.408 e. The van der Waals surface area contributed by atoms with E-state index in [0.29, 0.717) is 0 Å². The van der Waals surface area contributed by atoms with Crippen molar-refractivity contribution >= 4 is 6.09 Å². The lowest BCUT2D eigenvalue weighted by atomic mass is 9.75. The molecule has 4 heteroatoms. The lowest BCUT2D eigenvalue weighted by molar-refractivity contribution is 0.0465. The van der Waals surface area contributed by atoms with Gasteiger partial charge in [-0.25, -0.2) is 4.79 Å². The zero-order valence-electron chi connectivity index (χ0n) is 13.0. The fraction of sp³-hybridized carbons (Fsp3) is 0.667. The molecule has 0 aromatic carbocycles. The number of carbonyl (C=O) groups excluding carboxylic acids is 1. The van der Waals surface area contributed by atoms with Crippen LogP contribution in [-0.2, 0) is 4.74 Å². The Kier molecular flexibility index (Phi) is 4.03. The van der Waals surface area contributed by atoms with Gasteiger partial charge in [-0.1, -0.05) is 13.0 Å². The molecule has 0 fully saturated rings. The van der Waals surface area contributed by atoms with Crippen molar-refractivity contribution in [3.05, 3.63) is 22.9 Å². The highest BCUT2D eigenvalue weighted by molar-refractivity contribution is 5.70. The van der Waals surface area contributed by atoms with Crippen molar-refractivity contribution < 1.29 is 9.53 Å². The highest BCUT2D eigenvalue weighted by Crippen LogP contribution is 2.34. The summed E-state index contributed by atoms with van der Waals surface area (Å²) in [6.07, 6.45) is 1.60. The predicted molar refractivity (Wildman–Crippen MR) is 77.6 cm³/mol. The molecule has 0 saturated heterocycles. The molecule has 0 bridgehead atoms. The molecule has 0 radical (unpaired) electrons. The normalized spacial score (nSPS) is 27.9. The summed E-state index contributed by atoms with van der Waals surface area (Å²) in [6.45, 7) is 13.6. The Balaban J connectivity index is 2.92. The zero-order valence-corrected chi connectivity index (χ0v) is 13.0. The molecule has 4 nitrogen and oxygen atoms in total. The third kappa shape index (κ3) is 3.52. The summed E-state index contributed by atoms with van der Waals surface area (Å²) in [6, 6.07) is 0. The second kappa shape index (κ2) is 4.91. The first-order chi connectivity index (χ1) is 8.46. The monoisotopic (exact) mass is 266 g/mol. The van der Waals surface area contributed by atoms with Gasteiger partial charge in [0.15, 0.2) is 0 Å². The SMILES string of the molecule is CC1=CC(C)(NC(=O)OC(C)(C)C)C(C)C(C)=C1N. The van der Waals surface area contributed by atoms with Crippen LogP contribution in [0.5, 0.6) is 0 Å². The van der Waals surface area contributed by atoms with E-state index in [9.17, 15) is 4.79 Å². The van der Waals surface area contributed by atoms with E-state index in [1.54, 1.807) is 0 Å². The molecule has 1 rings (SSSR count). The second-order valence-corrected chi connectivity index (χ2v) is 6.56. The average molecular weight is 266 g/mol. The molecule has 3 N–H and O–H groups in total. The molecular formula is C15H26N2O2. The van der Waals surface area contributed by atoms with Crippen molar-refractivity contribution in [1.82, 2.24) is 5.32 Å². The van der Waals surface area contributed by atoms with E-state index in [-0.39, 0.29) is 5.92 Å². The number of hydrogen-bond acceptors (Lipinski definition) is 3. The fourth-order valence-corrected chi connectivity index (χ4v) is 2.31. The van der Waals surface area contributed by atoms with E-state index in [1.165, 1.54) is 0 Å². The summed E-state index contributed by atoms with van der Waals surface area (Å²) in [7, 11) is 0. The number of carbonyl (C=O) groups is 1. The molecule has 2 atom stereocenters. The molecule has 0 aromatic rings. The zero-order chi connectivity index (χ0) is 15.0. The van der Waals surface area contributed by atoms with E-state index in [1.807, 2.05) is 47.6 Å². The van der Waals surface area contributed by atoms with Crippen LogP contribution in [0.25, 0.3) is 0 Å². The molecule has 0 aliphatic heterocycles. The third-order valence-corrected chi connectivity index (χ3v) is 3.69. The minimum absolute atomic E-state index is 0.128. The van der Waals surface area contributed by atoms with E-state index >= 15 is 0 Å². The smallest absolute Gasteiger partial charge is 0.408 e. The van der Waals surface area contributed by atoms with Gasteiger partial charge in [0, 0.05) is 11.6 Å². The van der Waals surface area contributed by atoms with E-state index in [0.717, 1.165) is 16.8 Å². The van der Waals surface area contributed by atoms with Gasteiger partial charge in [0.05, 0.1) is 5.54 Å². The molecular weight excluding hydrogens is 240 g/mol. The summed E-state index contributed by atoms with van der Waals surface area (Å²) >= 11 is 0. The van der Waals surface area contributed by atoms with Crippen LogP contribution >= 0.6 is 0 Å². The Morgan fingerprint density at radius 1 is 1.42 bits per heavy atom. The Hall–Kier alpha value is -1.45. The molecule has 0 aromatic heterocycles.